The van der Waals surface area contributed by atoms with Crippen LogP contribution in [-0.4, -0.2) is 39.5 Å². The van der Waals surface area contributed by atoms with Crippen molar-refractivity contribution in [2.24, 2.45) is 0 Å². The molecule has 2 aromatic rings. The molecule has 2 rings (SSSR count). The van der Waals surface area contributed by atoms with E-state index in [-0.39, 0.29) is 12.0 Å². The van der Waals surface area contributed by atoms with Gasteiger partial charge in [-0.25, -0.2) is 4.98 Å². The first-order valence-electron chi connectivity index (χ1n) is 6.44. The molecule has 20 heavy (non-hydrogen) atoms. The van der Waals surface area contributed by atoms with Gasteiger partial charge >= 0.3 is 5.97 Å². The normalized spacial score (nSPS) is 11.1. The first-order chi connectivity index (χ1) is 9.56. The van der Waals surface area contributed by atoms with E-state index in [1.165, 1.54) is 0 Å². The van der Waals surface area contributed by atoms with Crippen LogP contribution in [0.25, 0.3) is 11.0 Å². The smallest absolute Gasteiger partial charge is 0.303 e. The van der Waals surface area contributed by atoms with Crippen LogP contribution in [0.3, 0.4) is 0 Å². The van der Waals surface area contributed by atoms with Gasteiger partial charge in [-0.05, 0) is 32.1 Å². The van der Waals surface area contributed by atoms with E-state index in [1.54, 1.807) is 0 Å². The van der Waals surface area contributed by atoms with Crippen LogP contribution in [0.2, 0.25) is 0 Å². The van der Waals surface area contributed by atoms with Crippen LogP contribution in [0.15, 0.2) is 29.1 Å². The molecule has 0 aliphatic heterocycles. The van der Waals surface area contributed by atoms with E-state index in [0.717, 1.165) is 11.0 Å². The summed E-state index contributed by atoms with van der Waals surface area (Å²) in [5.74, 6) is -0.805. The molecule has 0 bridgehead atoms. The molecule has 1 aromatic heterocycles. The maximum atomic E-state index is 11.9. The number of aliphatic carboxylic acids is 1. The van der Waals surface area contributed by atoms with Crippen LogP contribution in [0.5, 0.6) is 0 Å². The zero-order valence-corrected chi connectivity index (χ0v) is 11.3. The summed E-state index contributed by atoms with van der Waals surface area (Å²) >= 11 is 0. The second kappa shape index (κ2) is 6.29. The standard InChI is InChI=1S/C14H17N3O3/c1-17(8-4-7-13(18)19)9-12-14(20)16-11-6-3-2-5-10(11)15-12/h2-3,5-6H,4,7-9H2,1H3,(H,16,20)(H,18,19). The maximum absolute atomic E-state index is 11.9. The van der Waals surface area contributed by atoms with E-state index < -0.39 is 5.97 Å². The SMILES string of the molecule is CN(CCCC(=O)O)Cc1nc2ccccc2[nH]c1=O. The number of hydrogen-bond donors (Lipinski definition) is 2. The Kier molecular flexibility index (Phi) is 4.47. The van der Waals surface area contributed by atoms with Gasteiger partial charge in [0.2, 0.25) is 0 Å². The second-order valence-corrected chi connectivity index (χ2v) is 4.76. The van der Waals surface area contributed by atoms with E-state index in [4.69, 9.17) is 5.11 Å². The van der Waals surface area contributed by atoms with Gasteiger partial charge in [0.15, 0.2) is 0 Å². The highest BCUT2D eigenvalue weighted by Crippen LogP contribution is 2.07. The minimum Gasteiger partial charge on any atom is -0.481 e. The predicted molar refractivity (Wildman–Crippen MR) is 75.6 cm³/mol. The average molecular weight is 275 g/mol. The van der Waals surface area contributed by atoms with Gasteiger partial charge in [-0.3, -0.25) is 9.59 Å². The highest BCUT2D eigenvalue weighted by molar-refractivity contribution is 5.73. The van der Waals surface area contributed by atoms with E-state index in [0.29, 0.717) is 25.2 Å². The number of aromatic amines is 1. The predicted octanol–water partition coefficient (Wildman–Crippen LogP) is 1.22. The Hall–Kier alpha value is -2.21. The van der Waals surface area contributed by atoms with Gasteiger partial charge in [0.25, 0.3) is 5.56 Å². The number of hydrogen-bond acceptors (Lipinski definition) is 4. The molecule has 0 spiro atoms. The Balaban J connectivity index is 2.07. The van der Waals surface area contributed by atoms with E-state index in [2.05, 4.69) is 9.97 Å². The number of aromatic nitrogens is 2. The van der Waals surface area contributed by atoms with Crippen LogP contribution in [-0.2, 0) is 11.3 Å². The highest BCUT2D eigenvalue weighted by Gasteiger charge is 2.08. The fourth-order valence-corrected chi connectivity index (χ4v) is 2.01. The number of rotatable bonds is 6. The third-order valence-corrected chi connectivity index (χ3v) is 3.02. The van der Waals surface area contributed by atoms with Crippen molar-refractivity contribution in [3.8, 4) is 0 Å². The molecule has 6 heteroatoms. The lowest BCUT2D eigenvalue weighted by Crippen LogP contribution is -2.26. The molecule has 0 aliphatic carbocycles. The highest BCUT2D eigenvalue weighted by atomic mass is 16.4. The number of carbonyl (C=O) groups is 1. The monoisotopic (exact) mass is 275 g/mol. The fourth-order valence-electron chi connectivity index (χ4n) is 2.01. The number of para-hydroxylation sites is 2. The molecule has 6 nitrogen and oxygen atoms in total. The molecule has 0 atom stereocenters. The van der Waals surface area contributed by atoms with Gasteiger partial charge in [0.05, 0.1) is 11.0 Å². The molecule has 0 saturated heterocycles. The number of nitrogens with zero attached hydrogens (tertiary/aromatic N) is 2. The summed E-state index contributed by atoms with van der Waals surface area (Å²) < 4.78 is 0. The molecule has 1 heterocycles. The molecule has 2 N–H and O–H groups in total. The van der Waals surface area contributed by atoms with Crippen molar-refractivity contribution in [3.05, 3.63) is 40.3 Å². The zero-order valence-electron chi connectivity index (χ0n) is 11.3. The molecule has 0 fully saturated rings. The molecular formula is C14H17N3O3. The number of carboxylic acids is 1. The molecule has 1 aromatic carbocycles. The van der Waals surface area contributed by atoms with Crippen molar-refractivity contribution in [2.45, 2.75) is 19.4 Å². The van der Waals surface area contributed by atoms with E-state index in [9.17, 15) is 9.59 Å². The number of carboxylic acid groups (broad SMARTS) is 1. The summed E-state index contributed by atoms with van der Waals surface area (Å²) in [6, 6.07) is 7.37. The van der Waals surface area contributed by atoms with E-state index in [1.807, 2.05) is 36.2 Å². The van der Waals surface area contributed by atoms with Crippen molar-refractivity contribution in [2.75, 3.05) is 13.6 Å². The quantitative estimate of drug-likeness (QED) is 0.827. The summed E-state index contributed by atoms with van der Waals surface area (Å²) in [5.41, 5.74) is 1.71. The summed E-state index contributed by atoms with van der Waals surface area (Å²) in [5, 5.41) is 8.59. The van der Waals surface area contributed by atoms with Crippen molar-refractivity contribution in [3.63, 3.8) is 0 Å². The Labute approximate surface area is 116 Å². The molecule has 106 valence electrons. The fraction of sp³-hybridized carbons (Fsp3) is 0.357. The maximum Gasteiger partial charge on any atom is 0.303 e. The third kappa shape index (κ3) is 3.64. The minimum absolute atomic E-state index is 0.131. The molecule has 0 amide bonds. The Morgan fingerprint density at radius 3 is 2.90 bits per heavy atom. The van der Waals surface area contributed by atoms with Gasteiger partial charge in [-0.2, -0.15) is 0 Å². The number of fused-ring (bicyclic) bond motifs is 1. The van der Waals surface area contributed by atoms with Crippen LogP contribution in [0, 0.1) is 0 Å². The second-order valence-electron chi connectivity index (χ2n) is 4.76. The van der Waals surface area contributed by atoms with Gasteiger partial charge in [0.1, 0.15) is 5.69 Å². The van der Waals surface area contributed by atoms with Gasteiger partial charge in [0, 0.05) is 13.0 Å². The summed E-state index contributed by atoms with van der Waals surface area (Å²) in [6.45, 7) is 1.01. The van der Waals surface area contributed by atoms with Crippen LogP contribution >= 0.6 is 0 Å². The average Bonchev–Trinajstić information content (AvgIpc) is 2.39. The largest absolute Gasteiger partial charge is 0.481 e. The Morgan fingerprint density at radius 1 is 1.40 bits per heavy atom. The molecular weight excluding hydrogens is 258 g/mol. The Morgan fingerprint density at radius 2 is 2.15 bits per heavy atom. The van der Waals surface area contributed by atoms with Crippen molar-refractivity contribution < 1.29 is 9.90 Å². The Bertz CT molecular complexity index is 666. The summed E-state index contributed by atoms with van der Waals surface area (Å²) in [7, 11) is 1.85. The van der Waals surface area contributed by atoms with Gasteiger partial charge < -0.3 is 15.0 Å². The van der Waals surface area contributed by atoms with Gasteiger partial charge in [-0.15, -0.1) is 0 Å². The lowest BCUT2D eigenvalue weighted by Gasteiger charge is -2.15. The van der Waals surface area contributed by atoms with Crippen molar-refractivity contribution in [1.29, 1.82) is 0 Å². The molecule has 0 saturated carbocycles. The van der Waals surface area contributed by atoms with Gasteiger partial charge in [-0.1, -0.05) is 12.1 Å². The van der Waals surface area contributed by atoms with Crippen LogP contribution in [0.1, 0.15) is 18.5 Å². The third-order valence-electron chi connectivity index (χ3n) is 3.02. The lowest BCUT2D eigenvalue weighted by molar-refractivity contribution is -0.137. The van der Waals surface area contributed by atoms with Crippen molar-refractivity contribution in [1.82, 2.24) is 14.9 Å². The zero-order chi connectivity index (χ0) is 14.5. The molecule has 0 unspecified atom stereocenters. The summed E-state index contributed by atoms with van der Waals surface area (Å²) in [6.07, 6.45) is 0.684. The van der Waals surface area contributed by atoms with Crippen LogP contribution < -0.4 is 5.56 Å². The first-order valence-corrected chi connectivity index (χ1v) is 6.44. The number of benzene rings is 1. The summed E-state index contributed by atoms with van der Waals surface area (Å²) in [4.78, 5) is 31.4. The van der Waals surface area contributed by atoms with Crippen molar-refractivity contribution >= 4 is 17.0 Å². The molecule has 0 radical (unpaired) electrons. The topological polar surface area (TPSA) is 86.3 Å². The first kappa shape index (κ1) is 14.2. The van der Waals surface area contributed by atoms with Crippen LogP contribution in [0.4, 0.5) is 0 Å². The molecule has 0 aliphatic rings. The van der Waals surface area contributed by atoms with E-state index >= 15 is 0 Å². The lowest BCUT2D eigenvalue weighted by atomic mass is 10.2. The number of nitrogens with one attached hydrogen (secondary N) is 1. The number of H-pyrrole nitrogens is 1. The minimum atomic E-state index is -0.805.